The van der Waals surface area contributed by atoms with Crippen molar-refractivity contribution in [2.24, 2.45) is 0 Å². The van der Waals surface area contributed by atoms with E-state index in [0.717, 1.165) is 0 Å². The van der Waals surface area contributed by atoms with Gasteiger partial charge in [-0.3, -0.25) is 9.59 Å². The fourth-order valence-electron chi connectivity index (χ4n) is 2.06. The zero-order valence-electron chi connectivity index (χ0n) is 13.3. The largest absolute Gasteiger partial charge is 0.426 e. The predicted octanol–water partition coefficient (Wildman–Crippen LogP) is 4.17. The summed E-state index contributed by atoms with van der Waals surface area (Å²) in [6.45, 7) is 3.65. The number of rotatable bonds is 6. The van der Waals surface area contributed by atoms with Gasteiger partial charge in [-0.1, -0.05) is 50.2 Å². The lowest BCUT2D eigenvalue weighted by Gasteiger charge is -2.13. The van der Waals surface area contributed by atoms with Crippen LogP contribution in [-0.4, -0.2) is 11.9 Å². The molecular formula is C19H19O4. The van der Waals surface area contributed by atoms with Crippen molar-refractivity contribution in [3.63, 3.8) is 0 Å². The molecule has 0 aliphatic rings. The molecule has 0 fully saturated rings. The number of carbonyl (C=O) groups is 2. The fraction of sp³-hybridized carbons (Fsp3) is 0.263. The van der Waals surface area contributed by atoms with Crippen molar-refractivity contribution >= 4 is 11.9 Å². The summed E-state index contributed by atoms with van der Waals surface area (Å²) in [5.41, 5.74) is 1.35. The first kappa shape index (κ1) is 16.7. The molecule has 0 spiro atoms. The van der Waals surface area contributed by atoms with Gasteiger partial charge in [-0.15, -0.1) is 0 Å². The number of carbonyl (C=O) groups excluding carboxylic acids is 2. The number of esters is 2. The molecule has 2 aromatic rings. The number of ether oxygens (including phenoxy) is 2. The molecule has 0 bridgehead atoms. The zero-order chi connectivity index (χ0) is 16.7. The molecule has 2 rings (SSSR count). The van der Waals surface area contributed by atoms with E-state index in [0.29, 0.717) is 35.5 Å². The van der Waals surface area contributed by atoms with E-state index in [1.807, 2.05) is 25.1 Å². The summed E-state index contributed by atoms with van der Waals surface area (Å²) >= 11 is 0. The van der Waals surface area contributed by atoms with E-state index in [-0.39, 0.29) is 18.4 Å². The maximum atomic E-state index is 11.8. The van der Waals surface area contributed by atoms with Gasteiger partial charge < -0.3 is 9.47 Å². The summed E-state index contributed by atoms with van der Waals surface area (Å²) in [6, 6.07) is 15.4. The van der Waals surface area contributed by atoms with Crippen LogP contribution in [0.4, 0.5) is 0 Å². The molecule has 0 N–H and O–H groups in total. The van der Waals surface area contributed by atoms with Crippen molar-refractivity contribution in [2.45, 2.75) is 33.1 Å². The van der Waals surface area contributed by atoms with Gasteiger partial charge in [-0.05, 0) is 12.5 Å². The van der Waals surface area contributed by atoms with Gasteiger partial charge in [0.25, 0.3) is 0 Å². The lowest BCUT2D eigenvalue weighted by molar-refractivity contribution is -0.135. The molecule has 0 heterocycles. The third kappa shape index (κ3) is 4.42. The summed E-state index contributed by atoms with van der Waals surface area (Å²) in [5.74, 6) is 0.152. The van der Waals surface area contributed by atoms with Crippen molar-refractivity contribution < 1.29 is 19.1 Å². The average molecular weight is 311 g/mol. The molecule has 1 radical (unpaired) electrons. The molecule has 0 aliphatic carbocycles. The lowest BCUT2D eigenvalue weighted by atomic mass is 10.0. The second kappa shape index (κ2) is 8.13. The van der Waals surface area contributed by atoms with E-state index in [4.69, 9.17) is 9.47 Å². The highest BCUT2D eigenvalue weighted by atomic mass is 16.5. The minimum absolute atomic E-state index is 0.285. The molecule has 0 aromatic heterocycles. The smallest absolute Gasteiger partial charge is 0.311 e. The van der Waals surface area contributed by atoms with Gasteiger partial charge in [0.1, 0.15) is 11.5 Å². The highest BCUT2D eigenvalue weighted by Crippen LogP contribution is 2.36. The van der Waals surface area contributed by atoms with E-state index in [1.165, 1.54) is 0 Å². The summed E-state index contributed by atoms with van der Waals surface area (Å²) in [4.78, 5) is 23.4. The van der Waals surface area contributed by atoms with Crippen molar-refractivity contribution in [3.8, 4) is 22.6 Å². The molecule has 4 nitrogen and oxygen atoms in total. The number of benzene rings is 2. The number of hydrogen-bond donors (Lipinski definition) is 0. The van der Waals surface area contributed by atoms with Gasteiger partial charge in [0.05, 0.1) is 0 Å². The van der Waals surface area contributed by atoms with Crippen LogP contribution in [0.25, 0.3) is 11.1 Å². The van der Waals surface area contributed by atoms with Crippen molar-refractivity contribution in [2.75, 3.05) is 0 Å². The SMILES string of the molecule is CCCC(=O)Oc1[c]cccc1-c1ccccc1OC(=O)CC. The van der Waals surface area contributed by atoms with Gasteiger partial charge in [-0.2, -0.15) is 0 Å². The average Bonchev–Trinajstić information content (AvgIpc) is 2.56. The standard InChI is InChI=1S/C19H19O4/c1-3-9-19(21)23-17-13-8-6-11-15(17)14-10-5-7-12-16(14)22-18(20)4-2/h5-8,10-12H,3-4,9H2,1-2H3. The van der Waals surface area contributed by atoms with Crippen LogP contribution in [0, 0.1) is 6.07 Å². The minimum atomic E-state index is -0.318. The second-order valence-corrected chi connectivity index (χ2v) is 4.96. The molecule has 0 saturated heterocycles. The highest BCUT2D eigenvalue weighted by Gasteiger charge is 2.15. The first-order chi connectivity index (χ1) is 11.2. The van der Waals surface area contributed by atoms with E-state index in [2.05, 4.69) is 6.07 Å². The Morgan fingerprint density at radius 1 is 0.957 bits per heavy atom. The quantitative estimate of drug-likeness (QED) is 0.593. The summed E-state index contributed by atoms with van der Waals surface area (Å²) in [7, 11) is 0. The minimum Gasteiger partial charge on any atom is -0.426 e. The van der Waals surface area contributed by atoms with Crippen LogP contribution in [0.1, 0.15) is 33.1 Å². The molecule has 0 aliphatic heterocycles. The molecule has 0 saturated carbocycles. The van der Waals surface area contributed by atoms with Crippen LogP contribution in [0.5, 0.6) is 11.5 Å². The Bertz CT molecular complexity index is 691. The van der Waals surface area contributed by atoms with Crippen molar-refractivity contribution in [3.05, 3.63) is 48.5 Å². The Morgan fingerprint density at radius 3 is 2.43 bits per heavy atom. The summed E-state index contributed by atoms with van der Waals surface area (Å²) in [5, 5.41) is 0. The highest BCUT2D eigenvalue weighted by molar-refractivity contribution is 5.82. The van der Waals surface area contributed by atoms with Gasteiger partial charge in [0.2, 0.25) is 0 Å². The Balaban J connectivity index is 2.39. The van der Waals surface area contributed by atoms with Crippen LogP contribution in [0.3, 0.4) is 0 Å². The third-order valence-electron chi connectivity index (χ3n) is 3.18. The van der Waals surface area contributed by atoms with Gasteiger partial charge in [-0.25, -0.2) is 0 Å². The molecule has 0 unspecified atom stereocenters. The molecule has 4 heteroatoms. The number of hydrogen-bond acceptors (Lipinski definition) is 4. The monoisotopic (exact) mass is 311 g/mol. The van der Waals surface area contributed by atoms with E-state index < -0.39 is 0 Å². The van der Waals surface area contributed by atoms with Crippen molar-refractivity contribution in [1.82, 2.24) is 0 Å². The van der Waals surface area contributed by atoms with Crippen molar-refractivity contribution in [1.29, 1.82) is 0 Å². The molecule has 119 valence electrons. The van der Waals surface area contributed by atoms with E-state index in [9.17, 15) is 9.59 Å². The molecule has 0 atom stereocenters. The Morgan fingerprint density at radius 2 is 1.70 bits per heavy atom. The molecule has 23 heavy (non-hydrogen) atoms. The second-order valence-electron chi connectivity index (χ2n) is 4.96. The van der Waals surface area contributed by atoms with Crippen LogP contribution >= 0.6 is 0 Å². The van der Waals surface area contributed by atoms with Crippen LogP contribution in [0.2, 0.25) is 0 Å². The van der Waals surface area contributed by atoms with Crippen LogP contribution in [-0.2, 0) is 9.59 Å². The maximum absolute atomic E-state index is 11.8. The number of para-hydroxylation sites is 2. The normalized spacial score (nSPS) is 10.2. The van der Waals surface area contributed by atoms with Crippen LogP contribution in [0.15, 0.2) is 42.5 Å². The first-order valence-electron chi connectivity index (χ1n) is 7.67. The fourth-order valence-corrected chi connectivity index (χ4v) is 2.06. The zero-order valence-corrected chi connectivity index (χ0v) is 13.3. The molecule has 0 amide bonds. The Kier molecular flexibility index (Phi) is 5.92. The van der Waals surface area contributed by atoms with Crippen LogP contribution < -0.4 is 9.47 Å². The van der Waals surface area contributed by atoms with Gasteiger partial charge in [0, 0.05) is 30.0 Å². The predicted molar refractivity (Wildman–Crippen MR) is 87.2 cm³/mol. The summed E-state index contributed by atoms with van der Waals surface area (Å²) in [6.07, 6.45) is 1.34. The van der Waals surface area contributed by atoms with Gasteiger partial charge >= 0.3 is 11.9 Å². The first-order valence-corrected chi connectivity index (χ1v) is 7.67. The van der Waals surface area contributed by atoms with E-state index >= 15 is 0 Å². The van der Waals surface area contributed by atoms with E-state index in [1.54, 1.807) is 31.2 Å². The lowest BCUT2D eigenvalue weighted by Crippen LogP contribution is -2.09. The third-order valence-corrected chi connectivity index (χ3v) is 3.18. The summed E-state index contributed by atoms with van der Waals surface area (Å²) < 4.78 is 10.8. The Hall–Kier alpha value is -2.62. The Labute approximate surface area is 136 Å². The van der Waals surface area contributed by atoms with Gasteiger partial charge in [0.15, 0.2) is 0 Å². The molecular weight excluding hydrogens is 292 g/mol. The maximum Gasteiger partial charge on any atom is 0.311 e. The molecule has 2 aromatic carbocycles. The topological polar surface area (TPSA) is 52.6 Å².